The first kappa shape index (κ1) is 18.3. The third-order valence-electron chi connectivity index (χ3n) is 3.94. The molecule has 0 N–H and O–H groups in total. The maximum Gasteiger partial charge on any atom is 0.276 e. The predicted molar refractivity (Wildman–Crippen MR) is 91.3 cm³/mol. The first-order valence-corrected chi connectivity index (χ1v) is 10.3. The Kier molecular flexibility index (Phi) is 6.28. The summed E-state index contributed by atoms with van der Waals surface area (Å²) in [6, 6.07) is 8.47. The molecule has 0 aromatic heterocycles. The molecule has 1 aromatic carbocycles. The molecule has 1 rings (SSSR count). The highest BCUT2D eigenvalue weighted by molar-refractivity contribution is 6.74. The van der Waals surface area contributed by atoms with Crippen molar-refractivity contribution in [1.29, 1.82) is 0 Å². The zero-order chi connectivity index (χ0) is 16.8. The zero-order valence-electron chi connectivity index (χ0n) is 14.0. The van der Waals surface area contributed by atoms with Gasteiger partial charge < -0.3 is 4.43 Å². The van der Waals surface area contributed by atoms with E-state index in [1.54, 1.807) is 30.3 Å². The quantitative estimate of drug-likeness (QED) is 0.207. The second kappa shape index (κ2) is 7.53. The molecule has 3 nitrogen and oxygen atoms in total. The first-order valence-electron chi connectivity index (χ1n) is 7.42. The van der Waals surface area contributed by atoms with Crippen molar-refractivity contribution in [2.45, 2.75) is 45.3 Å². The van der Waals surface area contributed by atoms with Gasteiger partial charge in [-0.25, -0.2) is 0 Å². The molecular weight excluding hydrogens is 292 g/mol. The van der Waals surface area contributed by atoms with Gasteiger partial charge in [0.1, 0.15) is 0 Å². The molecule has 0 fully saturated rings. The van der Waals surface area contributed by atoms with Crippen molar-refractivity contribution in [2.75, 3.05) is 6.61 Å². The van der Waals surface area contributed by atoms with Gasteiger partial charge in [0, 0.05) is 18.6 Å². The Morgan fingerprint density at radius 3 is 2.27 bits per heavy atom. The molecule has 0 aliphatic heterocycles. The van der Waals surface area contributed by atoms with Gasteiger partial charge in [0.15, 0.2) is 8.32 Å². The molecule has 0 aliphatic carbocycles. The van der Waals surface area contributed by atoms with Crippen molar-refractivity contribution in [3.8, 4) is 11.8 Å². The summed E-state index contributed by atoms with van der Waals surface area (Å²) < 4.78 is 5.96. The molecule has 0 amide bonds. The van der Waals surface area contributed by atoms with E-state index < -0.39 is 19.9 Å². The number of ketones is 2. The van der Waals surface area contributed by atoms with Crippen LogP contribution in [0, 0.1) is 11.8 Å². The molecule has 22 heavy (non-hydrogen) atoms. The monoisotopic (exact) mass is 316 g/mol. The number of carbonyl (C=O) groups excluding carboxylic acids is 2. The van der Waals surface area contributed by atoms with E-state index >= 15 is 0 Å². The van der Waals surface area contributed by atoms with Gasteiger partial charge in [0.25, 0.3) is 5.78 Å². The Balaban J connectivity index is 2.48. The van der Waals surface area contributed by atoms with E-state index in [2.05, 4.69) is 45.7 Å². The lowest BCUT2D eigenvalue weighted by atomic mass is 10.1. The molecule has 4 heteroatoms. The van der Waals surface area contributed by atoms with Crippen LogP contribution in [-0.2, 0) is 9.22 Å². The molecule has 0 radical (unpaired) electrons. The molecule has 118 valence electrons. The van der Waals surface area contributed by atoms with Crippen LogP contribution in [-0.4, -0.2) is 26.5 Å². The summed E-state index contributed by atoms with van der Waals surface area (Å²) in [6.45, 7) is 11.4. The summed E-state index contributed by atoms with van der Waals surface area (Å²) in [5.74, 6) is 3.91. The Bertz CT molecular complexity index is 586. The van der Waals surface area contributed by atoms with Gasteiger partial charge in [0.05, 0.1) is 0 Å². The fraction of sp³-hybridized carbons (Fsp3) is 0.444. The van der Waals surface area contributed by atoms with Crippen LogP contribution in [0.2, 0.25) is 18.1 Å². The number of benzene rings is 1. The molecule has 0 aliphatic rings. The van der Waals surface area contributed by atoms with E-state index in [0.717, 1.165) is 0 Å². The van der Waals surface area contributed by atoms with Gasteiger partial charge in [-0.1, -0.05) is 57.0 Å². The Labute approximate surface area is 134 Å². The van der Waals surface area contributed by atoms with Gasteiger partial charge in [-0.05, 0) is 24.1 Å². The summed E-state index contributed by atoms with van der Waals surface area (Å²) in [5.41, 5.74) is 0.374. The molecule has 0 saturated carbocycles. The van der Waals surface area contributed by atoms with E-state index in [1.807, 2.05) is 0 Å². The smallest absolute Gasteiger partial charge is 0.276 e. The van der Waals surface area contributed by atoms with E-state index in [-0.39, 0.29) is 5.04 Å². The van der Waals surface area contributed by atoms with E-state index in [4.69, 9.17) is 4.43 Å². The van der Waals surface area contributed by atoms with Crippen LogP contribution in [0.1, 0.15) is 37.6 Å². The molecule has 0 saturated heterocycles. The van der Waals surface area contributed by atoms with E-state index in [9.17, 15) is 9.59 Å². The molecule has 0 bridgehead atoms. The van der Waals surface area contributed by atoms with Gasteiger partial charge in [0.2, 0.25) is 5.78 Å². The highest BCUT2D eigenvalue weighted by Crippen LogP contribution is 2.36. The van der Waals surface area contributed by atoms with Crippen molar-refractivity contribution in [3.63, 3.8) is 0 Å². The third-order valence-corrected chi connectivity index (χ3v) is 8.48. The highest BCUT2D eigenvalue weighted by Gasteiger charge is 2.36. The summed E-state index contributed by atoms with van der Waals surface area (Å²) in [6.07, 6.45) is 0.459. The summed E-state index contributed by atoms with van der Waals surface area (Å²) in [4.78, 5) is 23.5. The molecular formula is C18H24O3Si. The number of carbonyl (C=O) groups is 2. The average Bonchev–Trinajstić information content (AvgIpc) is 2.45. The molecule has 0 heterocycles. The summed E-state index contributed by atoms with van der Waals surface area (Å²) >= 11 is 0. The minimum Gasteiger partial charge on any atom is -0.416 e. The molecule has 0 unspecified atom stereocenters. The normalized spacial score (nSPS) is 11.5. The molecule has 0 spiro atoms. The van der Waals surface area contributed by atoms with Crippen LogP contribution in [0.4, 0.5) is 0 Å². The topological polar surface area (TPSA) is 43.4 Å². The highest BCUT2D eigenvalue weighted by atomic mass is 28.4. The average molecular weight is 316 g/mol. The molecule has 1 aromatic rings. The van der Waals surface area contributed by atoms with Crippen LogP contribution in [0.3, 0.4) is 0 Å². The first-order chi connectivity index (χ1) is 10.1. The largest absolute Gasteiger partial charge is 0.416 e. The fourth-order valence-corrected chi connectivity index (χ4v) is 2.54. The fourth-order valence-electron chi connectivity index (χ4n) is 1.49. The van der Waals surface area contributed by atoms with Crippen molar-refractivity contribution in [3.05, 3.63) is 35.9 Å². The predicted octanol–water partition coefficient (Wildman–Crippen LogP) is 3.85. The number of hydrogen-bond acceptors (Lipinski definition) is 3. The van der Waals surface area contributed by atoms with E-state index in [0.29, 0.717) is 18.6 Å². The van der Waals surface area contributed by atoms with Crippen molar-refractivity contribution >= 4 is 19.9 Å². The van der Waals surface area contributed by atoms with Crippen LogP contribution < -0.4 is 0 Å². The second-order valence-electron chi connectivity index (χ2n) is 6.68. The second-order valence-corrected chi connectivity index (χ2v) is 11.5. The Morgan fingerprint density at radius 2 is 1.73 bits per heavy atom. The Morgan fingerprint density at radius 1 is 1.14 bits per heavy atom. The van der Waals surface area contributed by atoms with Gasteiger partial charge in [-0.3, -0.25) is 9.59 Å². The van der Waals surface area contributed by atoms with E-state index in [1.165, 1.54) is 0 Å². The van der Waals surface area contributed by atoms with Crippen molar-refractivity contribution < 1.29 is 14.0 Å². The lowest BCUT2D eigenvalue weighted by Crippen LogP contribution is -2.40. The van der Waals surface area contributed by atoms with Crippen LogP contribution in [0.15, 0.2) is 30.3 Å². The summed E-state index contributed by atoms with van der Waals surface area (Å²) in [5, 5.41) is 0.152. The zero-order valence-corrected chi connectivity index (χ0v) is 15.0. The molecule has 0 atom stereocenters. The number of Topliss-reactive ketones (excluding diaryl/α,β-unsaturated/α-hetero) is 2. The Hall–Kier alpha value is -1.70. The summed E-state index contributed by atoms with van der Waals surface area (Å²) in [7, 11) is -1.78. The van der Waals surface area contributed by atoms with Gasteiger partial charge >= 0.3 is 0 Å². The number of hydrogen-bond donors (Lipinski definition) is 0. The minimum absolute atomic E-state index is 0.152. The van der Waals surface area contributed by atoms with Crippen LogP contribution >= 0.6 is 0 Å². The maximum atomic E-state index is 11.8. The lowest BCUT2D eigenvalue weighted by Gasteiger charge is -2.35. The number of rotatable bonds is 5. The third kappa shape index (κ3) is 5.25. The standard InChI is InChI=1S/C18H24O3Si/c1-18(2,3)22(4,5)21-14-10-9-13-16(19)17(20)15-11-7-6-8-12-15/h6-8,11-12H,10,14H2,1-5H3. The van der Waals surface area contributed by atoms with Gasteiger partial charge in [-0.2, -0.15) is 0 Å². The maximum absolute atomic E-state index is 11.8. The SMILES string of the molecule is CC(C)(C)[Si](C)(C)OCCC#CC(=O)C(=O)c1ccccc1. The van der Waals surface area contributed by atoms with Gasteiger partial charge in [-0.15, -0.1) is 0 Å². The van der Waals surface area contributed by atoms with Crippen molar-refractivity contribution in [1.82, 2.24) is 0 Å². The van der Waals surface area contributed by atoms with Crippen molar-refractivity contribution in [2.24, 2.45) is 0 Å². The minimum atomic E-state index is -1.78. The lowest BCUT2D eigenvalue weighted by molar-refractivity contribution is -0.110. The van der Waals surface area contributed by atoms with Crippen LogP contribution in [0.25, 0.3) is 0 Å². The van der Waals surface area contributed by atoms with Crippen LogP contribution in [0.5, 0.6) is 0 Å².